The van der Waals surface area contributed by atoms with E-state index >= 15 is 0 Å². The first-order chi connectivity index (χ1) is 9.39. The first kappa shape index (κ1) is 15.5. The van der Waals surface area contributed by atoms with Crippen LogP contribution in [0.4, 0.5) is 0 Å². The summed E-state index contributed by atoms with van der Waals surface area (Å²) in [6.45, 7) is 6.97. The zero-order valence-corrected chi connectivity index (χ0v) is 13.8. The molecular weight excluding hydrogens is 270 g/mol. The minimum atomic E-state index is -0.446. The Kier molecular flexibility index (Phi) is 4.52. The van der Waals surface area contributed by atoms with Crippen LogP contribution in [0.1, 0.15) is 38.9 Å². The Morgan fingerprint density at radius 1 is 1.55 bits per heavy atom. The molecule has 3 atom stereocenters. The molecule has 112 valence electrons. The maximum atomic E-state index is 12.8. The number of carbonyl (C=O) groups is 1. The predicted octanol–water partition coefficient (Wildman–Crippen LogP) is 2.30. The van der Waals surface area contributed by atoms with Gasteiger partial charge >= 0.3 is 0 Å². The van der Waals surface area contributed by atoms with Crippen molar-refractivity contribution in [2.75, 3.05) is 20.6 Å². The van der Waals surface area contributed by atoms with E-state index in [1.54, 1.807) is 11.3 Å². The van der Waals surface area contributed by atoms with Crippen molar-refractivity contribution in [3.63, 3.8) is 0 Å². The highest BCUT2D eigenvalue weighted by Crippen LogP contribution is 2.33. The fourth-order valence-electron chi connectivity index (χ4n) is 2.46. The second-order valence-electron chi connectivity index (χ2n) is 6.06. The van der Waals surface area contributed by atoms with E-state index in [2.05, 4.69) is 55.0 Å². The summed E-state index contributed by atoms with van der Waals surface area (Å²) in [6.07, 6.45) is 0.806. The molecule has 2 heterocycles. The number of amides is 1. The van der Waals surface area contributed by atoms with Crippen LogP contribution in [0.5, 0.6) is 0 Å². The van der Waals surface area contributed by atoms with E-state index in [1.165, 1.54) is 5.56 Å². The standard InChI is InChI=1S/C15H25N3OS/c1-6-15(3)14(19)18(9-11(2)17(4)5)13(16-15)12-7-8-20-10-12/h7-8,10-11,13,16H,6,9H2,1-5H3. The fourth-order valence-corrected chi connectivity index (χ4v) is 3.14. The van der Waals surface area contributed by atoms with Gasteiger partial charge in [0.15, 0.2) is 0 Å². The zero-order chi connectivity index (χ0) is 14.9. The number of likely N-dealkylation sites (N-methyl/N-ethyl adjacent to an activating group) is 1. The van der Waals surface area contributed by atoms with Crippen LogP contribution in [0, 0.1) is 0 Å². The predicted molar refractivity (Wildman–Crippen MR) is 83.8 cm³/mol. The van der Waals surface area contributed by atoms with Crippen LogP contribution in [0.25, 0.3) is 0 Å². The van der Waals surface area contributed by atoms with Crippen molar-refractivity contribution in [1.29, 1.82) is 0 Å². The second kappa shape index (κ2) is 5.84. The third-order valence-corrected chi connectivity index (χ3v) is 5.11. The van der Waals surface area contributed by atoms with Gasteiger partial charge in [0.05, 0.1) is 5.54 Å². The van der Waals surface area contributed by atoms with Crippen LogP contribution < -0.4 is 5.32 Å². The van der Waals surface area contributed by atoms with Gasteiger partial charge in [-0.05, 0) is 56.8 Å². The van der Waals surface area contributed by atoms with Crippen molar-refractivity contribution in [2.24, 2.45) is 0 Å². The van der Waals surface area contributed by atoms with Crippen molar-refractivity contribution in [2.45, 2.75) is 44.9 Å². The van der Waals surface area contributed by atoms with Gasteiger partial charge in [-0.15, -0.1) is 0 Å². The lowest BCUT2D eigenvalue weighted by Crippen LogP contribution is -2.45. The van der Waals surface area contributed by atoms with Crippen molar-refractivity contribution in [3.8, 4) is 0 Å². The average Bonchev–Trinajstić information content (AvgIpc) is 3.01. The summed E-state index contributed by atoms with van der Waals surface area (Å²) in [5.41, 5.74) is 0.741. The van der Waals surface area contributed by atoms with Gasteiger partial charge in [-0.2, -0.15) is 11.3 Å². The smallest absolute Gasteiger partial charge is 0.244 e. The molecular formula is C15H25N3OS. The van der Waals surface area contributed by atoms with Crippen molar-refractivity contribution in [1.82, 2.24) is 15.1 Å². The Morgan fingerprint density at radius 3 is 2.75 bits per heavy atom. The van der Waals surface area contributed by atoms with E-state index in [9.17, 15) is 4.79 Å². The minimum absolute atomic E-state index is 0.00102. The Morgan fingerprint density at radius 2 is 2.25 bits per heavy atom. The molecule has 1 amide bonds. The Labute approximate surface area is 125 Å². The second-order valence-corrected chi connectivity index (χ2v) is 6.84. The van der Waals surface area contributed by atoms with E-state index < -0.39 is 5.54 Å². The number of nitrogens with zero attached hydrogens (tertiary/aromatic N) is 2. The molecule has 0 spiro atoms. The van der Waals surface area contributed by atoms with Gasteiger partial charge in [-0.3, -0.25) is 10.1 Å². The van der Waals surface area contributed by atoms with E-state index in [0.29, 0.717) is 6.04 Å². The normalized spacial score (nSPS) is 28.4. The van der Waals surface area contributed by atoms with Gasteiger partial charge in [-0.25, -0.2) is 0 Å². The highest BCUT2D eigenvalue weighted by Gasteiger charge is 2.47. The average molecular weight is 295 g/mol. The van der Waals surface area contributed by atoms with Crippen LogP contribution >= 0.6 is 11.3 Å². The highest BCUT2D eigenvalue weighted by molar-refractivity contribution is 7.07. The SMILES string of the molecule is CCC1(C)NC(c2ccsc2)N(CC(C)N(C)C)C1=O. The van der Waals surface area contributed by atoms with Crippen LogP contribution in [-0.4, -0.2) is 47.9 Å². The Hall–Kier alpha value is -0.910. The van der Waals surface area contributed by atoms with Gasteiger partial charge in [-0.1, -0.05) is 6.92 Å². The lowest BCUT2D eigenvalue weighted by Gasteiger charge is -2.30. The quantitative estimate of drug-likeness (QED) is 0.905. The number of hydrogen-bond acceptors (Lipinski definition) is 4. The maximum Gasteiger partial charge on any atom is 0.244 e. The van der Waals surface area contributed by atoms with E-state index in [-0.39, 0.29) is 12.1 Å². The number of rotatable bonds is 5. The van der Waals surface area contributed by atoms with Crippen LogP contribution in [-0.2, 0) is 4.79 Å². The molecule has 3 unspecified atom stereocenters. The summed E-state index contributed by atoms with van der Waals surface area (Å²) < 4.78 is 0. The third kappa shape index (κ3) is 2.75. The number of hydrogen-bond donors (Lipinski definition) is 1. The fraction of sp³-hybridized carbons (Fsp3) is 0.667. The molecule has 1 N–H and O–H groups in total. The first-order valence-electron chi connectivity index (χ1n) is 7.16. The van der Waals surface area contributed by atoms with Crippen LogP contribution in [0.2, 0.25) is 0 Å². The lowest BCUT2D eigenvalue weighted by molar-refractivity contribution is -0.133. The minimum Gasteiger partial charge on any atom is -0.320 e. The van der Waals surface area contributed by atoms with Gasteiger partial charge in [0, 0.05) is 12.6 Å². The number of nitrogens with one attached hydrogen (secondary N) is 1. The number of carbonyl (C=O) groups excluding carboxylic acids is 1. The molecule has 0 aromatic carbocycles. The largest absolute Gasteiger partial charge is 0.320 e. The molecule has 0 aliphatic carbocycles. The highest BCUT2D eigenvalue weighted by atomic mass is 32.1. The van der Waals surface area contributed by atoms with E-state index in [4.69, 9.17) is 0 Å². The molecule has 5 heteroatoms. The first-order valence-corrected chi connectivity index (χ1v) is 8.10. The molecule has 1 saturated heterocycles. The summed E-state index contributed by atoms with van der Waals surface area (Å²) in [5, 5.41) is 7.72. The topological polar surface area (TPSA) is 35.6 Å². The molecule has 1 aromatic heterocycles. The molecule has 0 radical (unpaired) electrons. The van der Waals surface area contributed by atoms with E-state index in [1.807, 2.05) is 11.8 Å². The van der Waals surface area contributed by atoms with Crippen molar-refractivity contribution < 1.29 is 4.79 Å². The molecule has 4 nitrogen and oxygen atoms in total. The maximum absolute atomic E-state index is 12.8. The summed E-state index contributed by atoms with van der Waals surface area (Å²) >= 11 is 1.67. The van der Waals surface area contributed by atoms with Gasteiger partial charge < -0.3 is 9.80 Å². The van der Waals surface area contributed by atoms with Crippen LogP contribution in [0.3, 0.4) is 0 Å². The molecule has 1 aliphatic heterocycles. The summed E-state index contributed by atoms with van der Waals surface area (Å²) in [4.78, 5) is 16.9. The lowest BCUT2D eigenvalue weighted by atomic mass is 9.99. The summed E-state index contributed by atoms with van der Waals surface area (Å²) in [5.74, 6) is 0.213. The molecule has 1 fully saturated rings. The van der Waals surface area contributed by atoms with E-state index in [0.717, 1.165) is 13.0 Å². The molecule has 2 rings (SSSR count). The van der Waals surface area contributed by atoms with Gasteiger partial charge in [0.1, 0.15) is 6.17 Å². The van der Waals surface area contributed by atoms with Crippen molar-refractivity contribution in [3.05, 3.63) is 22.4 Å². The van der Waals surface area contributed by atoms with Gasteiger partial charge in [0.2, 0.25) is 5.91 Å². The van der Waals surface area contributed by atoms with Gasteiger partial charge in [0.25, 0.3) is 0 Å². The Balaban J connectivity index is 2.26. The van der Waals surface area contributed by atoms with Crippen LogP contribution in [0.15, 0.2) is 16.8 Å². The molecule has 1 aliphatic rings. The number of thiophene rings is 1. The summed E-state index contributed by atoms with van der Waals surface area (Å²) in [6, 6.07) is 2.44. The molecule has 20 heavy (non-hydrogen) atoms. The molecule has 0 bridgehead atoms. The van der Waals surface area contributed by atoms with Crippen molar-refractivity contribution >= 4 is 17.2 Å². The molecule has 1 aromatic rings. The Bertz CT molecular complexity index is 460. The summed E-state index contributed by atoms with van der Waals surface area (Å²) in [7, 11) is 4.11. The zero-order valence-electron chi connectivity index (χ0n) is 13.0. The monoisotopic (exact) mass is 295 g/mol. The third-order valence-electron chi connectivity index (χ3n) is 4.41. The molecule has 0 saturated carbocycles.